The Kier molecular flexibility index (Phi) is 8.59. The van der Waals surface area contributed by atoms with Crippen molar-refractivity contribution < 1.29 is 34.1 Å². The molecule has 0 saturated heterocycles. The molecule has 7 rings (SSSR count). The van der Waals surface area contributed by atoms with Gasteiger partial charge >= 0.3 is 12.0 Å². The van der Waals surface area contributed by atoms with E-state index >= 15 is 0 Å². The second-order valence-corrected chi connectivity index (χ2v) is 13.2. The number of aromatic hydroxyl groups is 2. The van der Waals surface area contributed by atoms with Gasteiger partial charge in [0.15, 0.2) is 11.5 Å². The average Bonchev–Trinajstić information content (AvgIpc) is 3.80. The molecular weight excluding hydrogens is 646 g/mol. The van der Waals surface area contributed by atoms with Gasteiger partial charge in [0.25, 0.3) is 0 Å². The van der Waals surface area contributed by atoms with Gasteiger partial charge in [0.05, 0.1) is 32.5 Å². The number of carbonyl (C=O) groups is 2. The minimum Gasteiger partial charge on any atom is -0.493 e. The summed E-state index contributed by atoms with van der Waals surface area (Å²) >= 11 is 1.83. The highest BCUT2D eigenvalue weighted by Gasteiger charge is 2.36. The number of ether oxygens (including phenoxy) is 2. The number of amides is 2. The van der Waals surface area contributed by atoms with E-state index in [0.717, 1.165) is 41.2 Å². The lowest BCUT2D eigenvalue weighted by molar-refractivity contribution is -0.143. The molecule has 0 fully saturated rings. The maximum absolute atomic E-state index is 14.4. The number of methoxy groups -OCH3 is 2. The zero-order valence-electron chi connectivity index (χ0n) is 27.4. The zero-order valence-corrected chi connectivity index (χ0v) is 28.2. The summed E-state index contributed by atoms with van der Waals surface area (Å²) in [6.45, 7) is 0.285. The van der Waals surface area contributed by atoms with E-state index in [1.165, 1.54) is 34.6 Å². The number of likely N-dealkylation sites (N-methyl/N-ethyl adjacent to an activating group) is 1. The number of nitrogens with one attached hydrogen (secondary N) is 1. The standard InChI is InChI=1S/C36H37N5O7S/c1-38(21-33(44)48-41-31(42)16-17-32(41)43)24-13-10-22(11-14-24)34-27-8-6-18-39(27)35-26(25-7-4-5-9-30(25)49-35)20-40(34)36(45)37-23-12-15-28(46-2)29(19-23)47-3/h6,8,10-19,34,42-43H,4-5,7,9,20-21H2,1-3H3,(H,37,45). The monoisotopic (exact) mass is 683 g/mol. The van der Waals surface area contributed by atoms with Gasteiger partial charge in [0.2, 0.25) is 11.8 Å². The van der Waals surface area contributed by atoms with Crippen LogP contribution in [0.25, 0.3) is 5.00 Å². The predicted molar refractivity (Wildman–Crippen MR) is 185 cm³/mol. The lowest BCUT2D eigenvalue weighted by atomic mass is 9.95. The third kappa shape index (κ3) is 6.01. The van der Waals surface area contributed by atoms with Gasteiger partial charge in [-0.25, -0.2) is 9.59 Å². The van der Waals surface area contributed by atoms with Crippen LogP contribution in [0.4, 0.5) is 16.2 Å². The summed E-state index contributed by atoms with van der Waals surface area (Å²) in [7, 11) is 4.88. The van der Waals surface area contributed by atoms with E-state index in [1.54, 1.807) is 44.4 Å². The maximum atomic E-state index is 14.4. The number of urea groups is 1. The fourth-order valence-corrected chi connectivity index (χ4v) is 8.07. The molecule has 2 amide bonds. The third-order valence-corrected chi connectivity index (χ3v) is 10.4. The molecule has 1 unspecified atom stereocenters. The number of thiophene rings is 1. The van der Waals surface area contributed by atoms with Gasteiger partial charge in [-0.1, -0.05) is 12.1 Å². The summed E-state index contributed by atoms with van der Waals surface area (Å²) in [5.41, 5.74) is 5.74. The van der Waals surface area contributed by atoms with Crippen molar-refractivity contribution in [2.45, 2.75) is 38.3 Å². The summed E-state index contributed by atoms with van der Waals surface area (Å²) in [5.74, 6) is -0.371. The van der Waals surface area contributed by atoms with Crippen LogP contribution in [0.5, 0.6) is 23.3 Å². The van der Waals surface area contributed by atoms with Crippen molar-refractivity contribution in [1.82, 2.24) is 14.2 Å². The molecule has 0 radical (unpaired) electrons. The minimum absolute atomic E-state index is 0.145. The molecule has 5 aromatic rings. The molecule has 1 atom stereocenters. The van der Waals surface area contributed by atoms with Crippen molar-refractivity contribution in [3.63, 3.8) is 0 Å². The number of aromatic nitrogens is 2. The lowest BCUT2D eigenvalue weighted by Gasteiger charge is -2.32. The molecule has 3 N–H and O–H groups in total. The van der Waals surface area contributed by atoms with Crippen LogP contribution in [0.1, 0.15) is 46.1 Å². The SMILES string of the molecule is COc1ccc(NC(=O)N2Cc3c(sc4c3CCCC4)-n3cccc3C2c2ccc(N(C)CC(=O)On3c(O)ccc3O)cc2)cc1OC. The van der Waals surface area contributed by atoms with Crippen molar-refractivity contribution >= 4 is 34.7 Å². The smallest absolute Gasteiger partial charge is 0.352 e. The second kappa shape index (κ2) is 13.2. The van der Waals surface area contributed by atoms with Crippen LogP contribution in [0.2, 0.25) is 0 Å². The van der Waals surface area contributed by atoms with Gasteiger partial charge in [-0.2, -0.15) is 0 Å². The number of rotatable bonds is 8. The van der Waals surface area contributed by atoms with Crippen molar-refractivity contribution in [2.24, 2.45) is 0 Å². The fraction of sp³-hybridized carbons (Fsp3) is 0.278. The number of benzene rings is 2. The van der Waals surface area contributed by atoms with Crippen LogP contribution in [0.15, 0.2) is 72.9 Å². The molecule has 12 nitrogen and oxygen atoms in total. The van der Waals surface area contributed by atoms with Crippen LogP contribution in [-0.2, 0) is 24.2 Å². The number of anilines is 2. The highest BCUT2D eigenvalue weighted by molar-refractivity contribution is 7.15. The van der Waals surface area contributed by atoms with E-state index in [2.05, 4.69) is 22.1 Å². The molecule has 2 aromatic carbocycles. The van der Waals surface area contributed by atoms with E-state index in [1.807, 2.05) is 46.6 Å². The molecule has 4 heterocycles. The Hall–Kier alpha value is -5.56. The molecule has 3 aromatic heterocycles. The van der Waals surface area contributed by atoms with Crippen molar-refractivity contribution in [2.75, 3.05) is 38.0 Å². The van der Waals surface area contributed by atoms with E-state index in [-0.39, 0.29) is 24.3 Å². The average molecular weight is 684 g/mol. The summed E-state index contributed by atoms with van der Waals surface area (Å²) in [6.07, 6.45) is 6.44. The Morgan fingerprint density at radius 2 is 1.67 bits per heavy atom. The normalized spacial score (nSPS) is 15.0. The van der Waals surface area contributed by atoms with Crippen molar-refractivity contribution in [3.05, 3.63) is 100 Å². The molecule has 49 heavy (non-hydrogen) atoms. The Bertz CT molecular complexity index is 1990. The Labute approximate surface area is 287 Å². The van der Waals surface area contributed by atoms with Gasteiger partial charge < -0.3 is 44.2 Å². The van der Waals surface area contributed by atoms with Gasteiger partial charge in [-0.3, -0.25) is 0 Å². The molecule has 1 aliphatic heterocycles. The highest BCUT2D eigenvalue weighted by Crippen LogP contribution is 2.44. The van der Waals surface area contributed by atoms with Crippen LogP contribution in [0, 0.1) is 0 Å². The number of aryl methyl sites for hydroxylation is 1. The first-order valence-electron chi connectivity index (χ1n) is 16.0. The summed E-state index contributed by atoms with van der Waals surface area (Å²) < 4.78 is 13.8. The Morgan fingerprint density at radius 3 is 2.41 bits per heavy atom. The zero-order chi connectivity index (χ0) is 34.2. The maximum Gasteiger partial charge on any atom is 0.352 e. The van der Waals surface area contributed by atoms with Crippen molar-refractivity contribution in [1.29, 1.82) is 0 Å². The first-order chi connectivity index (χ1) is 23.7. The molecule has 13 heteroatoms. The number of fused-ring (bicyclic) bond motifs is 5. The van der Waals surface area contributed by atoms with Crippen LogP contribution in [0.3, 0.4) is 0 Å². The van der Waals surface area contributed by atoms with E-state index < -0.39 is 12.0 Å². The molecule has 0 saturated carbocycles. The summed E-state index contributed by atoms with van der Waals surface area (Å²) in [4.78, 5) is 37.1. The Balaban J connectivity index is 1.21. The molecular formula is C36H37N5O7S. The molecule has 254 valence electrons. The summed E-state index contributed by atoms with van der Waals surface area (Å²) in [5, 5.41) is 23.9. The summed E-state index contributed by atoms with van der Waals surface area (Å²) in [6, 6.07) is 18.9. The highest BCUT2D eigenvalue weighted by atomic mass is 32.1. The predicted octanol–water partition coefficient (Wildman–Crippen LogP) is 5.88. The number of hydrogen-bond acceptors (Lipinski definition) is 9. The van der Waals surface area contributed by atoms with Crippen molar-refractivity contribution in [3.8, 4) is 28.3 Å². The third-order valence-electron chi connectivity index (χ3n) is 9.08. The van der Waals surface area contributed by atoms with E-state index in [9.17, 15) is 19.8 Å². The largest absolute Gasteiger partial charge is 0.493 e. The minimum atomic E-state index is -0.678. The molecule has 0 bridgehead atoms. The topological polar surface area (TPSA) is 131 Å². The molecule has 0 spiro atoms. The van der Waals surface area contributed by atoms with E-state index in [0.29, 0.717) is 28.5 Å². The lowest BCUT2D eigenvalue weighted by Crippen LogP contribution is -2.38. The first kappa shape index (κ1) is 32.0. The van der Waals surface area contributed by atoms with Gasteiger partial charge in [0.1, 0.15) is 11.5 Å². The molecule has 1 aliphatic carbocycles. The van der Waals surface area contributed by atoms with Gasteiger partial charge in [-0.15, -0.1) is 16.1 Å². The fourth-order valence-electron chi connectivity index (χ4n) is 6.67. The second-order valence-electron chi connectivity index (χ2n) is 12.1. The molecule has 2 aliphatic rings. The van der Waals surface area contributed by atoms with Gasteiger partial charge in [0, 0.05) is 53.3 Å². The van der Waals surface area contributed by atoms with Crippen LogP contribution < -0.4 is 24.5 Å². The van der Waals surface area contributed by atoms with E-state index in [4.69, 9.17) is 14.3 Å². The Morgan fingerprint density at radius 1 is 0.939 bits per heavy atom. The van der Waals surface area contributed by atoms with Crippen LogP contribution >= 0.6 is 11.3 Å². The number of nitrogens with zero attached hydrogens (tertiary/aromatic N) is 4. The first-order valence-corrected chi connectivity index (χ1v) is 16.8. The van der Waals surface area contributed by atoms with Crippen LogP contribution in [-0.4, -0.2) is 64.2 Å². The number of hydrogen-bond donors (Lipinski definition) is 3. The quantitative estimate of drug-likeness (QED) is 0.185. The number of carbonyl (C=O) groups excluding carboxylic acids is 2. The van der Waals surface area contributed by atoms with Gasteiger partial charge in [-0.05, 0) is 73.2 Å².